The molecule has 0 heterocycles. The normalized spacial score (nSPS) is 16.4. The first-order chi connectivity index (χ1) is 6.75. The van der Waals surface area contributed by atoms with Crippen LogP contribution >= 0.6 is 43.8 Å². The highest BCUT2D eigenvalue weighted by Gasteiger charge is 2.18. The second-order valence-electron chi connectivity index (χ2n) is 3.40. The zero-order valence-electron chi connectivity index (χ0n) is 7.59. The van der Waals surface area contributed by atoms with E-state index in [9.17, 15) is 0 Å². The van der Waals surface area contributed by atoms with E-state index >= 15 is 0 Å². The molecule has 2 rings (SSSR count). The van der Waals surface area contributed by atoms with Crippen LogP contribution in [0.2, 0.25) is 0 Å². The van der Waals surface area contributed by atoms with Crippen molar-refractivity contribution in [3.8, 4) is 0 Å². The van der Waals surface area contributed by atoms with E-state index in [1.807, 2.05) is 11.9 Å². The number of benzene rings is 1. The third-order valence-electron chi connectivity index (χ3n) is 2.32. The van der Waals surface area contributed by atoms with Crippen molar-refractivity contribution in [1.82, 2.24) is 0 Å². The van der Waals surface area contributed by atoms with E-state index in [2.05, 4.69) is 54.8 Å². The molecule has 1 aliphatic carbocycles. The Balaban J connectivity index is 1.94. The summed E-state index contributed by atoms with van der Waals surface area (Å²) in [4.78, 5) is 0. The van der Waals surface area contributed by atoms with Gasteiger partial charge in [0.05, 0.1) is 5.69 Å². The van der Waals surface area contributed by atoms with Gasteiger partial charge in [-0.3, -0.25) is 0 Å². The maximum absolute atomic E-state index is 3.53. The summed E-state index contributed by atoms with van der Waals surface area (Å²) in [5.41, 5.74) is 1.16. The van der Waals surface area contributed by atoms with Gasteiger partial charge in [-0.05, 0) is 58.9 Å². The van der Waals surface area contributed by atoms with Gasteiger partial charge in [-0.25, -0.2) is 0 Å². The molecule has 76 valence electrons. The monoisotopic (exact) mass is 335 g/mol. The minimum Gasteiger partial charge on any atom is -0.329 e. The minimum atomic E-state index is 0.811. The Morgan fingerprint density at radius 1 is 1.29 bits per heavy atom. The van der Waals surface area contributed by atoms with E-state index in [0.717, 1.165) is 19.9 Å². The lowest BCUT2D eigenvalue weighted by molar-refractivity contribution is 0.523. The topological polar surface area (TPSA) is 12.0 Å². The van der Waals surface area contributed by atoms with Crippen molar-refractivity contribution in [2.75, 3.05) is 4.72 Å². The van der Waals surface area contributed by atoms with Gasteiger partial charge in [-0.2, -0.15) is 0 Å². The highest BCUT2D eigenvalue weighted by molar-refractivity contribution is 9.11. The molecular weight excluding hydrogens is 326 g/mol. The molecule has 0 unspecified atom stereocenters. The number of hydrogen-bond donors (Lipinski definition) is 1. The first-order valence-corrected chi connectivity index (χ1v) is 7.09. The maximum Gasteiger partial charge on any atom is 0.0584 e. The summed E-state index contributed by atoms with van der Waals surface area (Å²) in [6, 6.07) is 6.19. The van der Waals surface area contributed by atoms with Crippen molar-refractivity contribution in [3.63, 3.8) is 0 Å². The van der Waals surface area contributed by atoms with Gasteiger partial charge >= 0.3 is 0 Å². The number of anilines is 1. The predicted molar refractivity (Wildman–Crippen MR) is 70.7 cm³/mol. The lowest BCUT2D eigenvalue weighted by atomic mass is 10.0. The molecule has 1 N–H and O–H groups in total. The van der Waals surface area contributed by atoms with E-state index in [1.54, 1.807) is 0 Å². The lowest BCUT2D eigenvalue weighted by Crippen LogP contribution is -2.15. The molecule has 1 aromatic carbocycles. The molecule has 1 nitrogen and oxygen atoms in total. The fraction of sp³-hybridized carbons (Fsp3) is 0.400. The Kier molecular flexibility index (Phi) is 3.79. The summed E-state index contributed by atoms with van der Waals surface area (Å²) in [6.45, 7) is 0. The van der Waals surface area contributed by atoms with Crippen molar-refractivity contribution in [2.45, 2.75) is 24.5 Å². The minimum absolute atomic E-state index is 0.811. The summed E-state index contributed by atoms with van der Waals surface area (Å²) in [7, 11) is 0. The van der Waals surface area contributed by atoms with Crippen molar-refractivity contribution in [2.24, 2.45) is 0 Å². The van der Waals surface area contributed by atoms with Gasteiger partial charge in [-0.15, -0.1) is 0 Å². The summed E-state index contributed by atoms with van der Waals surface area (Å²) >= 11 is 8.81. The van der Waals surface area contributed by atoms with E-state index in [4.69, 9.17) is 0 Å². The van der Waals surface area contributed by atoms with Gasteiger partial charge in [0.1, 0.15) is 0 Å². The molecule has 4 heteroatoms. The average molecular weight is 337 g/mol. The quantitative estimate of drug-likeness (QED) is 0.794. The fourth-order valence-corrected chi connectivity index (χ4v) is 3.53. The van der Waals surface area contributed by atoms with Crippen molar-refractivity contribution in [3.05, 3.63) is 27.1 Å². The van der Waals surface area contributed by atoms with Crippen LogP contribution in [0.1, 0.15) is 19.3 Å². The fourth-order valence-electron chi connectivity index (χ4n) is 1.21. The standard InChI is InChI=1S/C10H11Br2NS/c11-7-4-5-10(9(12)6-7)13-14-8-2-1-3-8/h4-6,8,13H,1-3H2. The Bertz CT molecular complexity index is 326. The van der Waals surface area contributed by atoms with Crippen LogP contribution in [0.3, 0.4) is 0 Å². The average Bonchev–Trinajstić information content (AvgIpc) is 2.05. The molecule has 0 aromatic heterocycles. The zero-order valence-corrected chi connectivity index (χ0v) is 11.6. The molecule has 0 bridgehead atoms. The first kappa shape index (κ1) is 10.8. The molecule has 1 aliphatic rings. The van der Waals surface area contributed by atoms with Crippen molar-refractivity contribution >= 4 is 49.5 Å². The molecule has 0 atom stereocenters. The van der Waals surface area contributed by atoms with E-state index < -0.39 is 0 Å². The summed E-state index contributed by atoms with van der Waals surface area (Å²) < 4.78 is 5.60. The highest BCUT2D eigenvalue weighted by Crippen LogP contribution is 2.34. The first-order valence-electron chi connectivity index (χ1n) is 4.62. The zero-order chi connectivity index (χ0) is 9.97. The molecule has 0 aliphatic heterocycles. The van der Waals surface area contributed by atoms with Crippen LogP contribution in [0.25, 0.3) is 0 Å². The van der Waals surface area contributed by atoms with Crippen LogP contribution in [0.4, 0.5) is 5.69 Å². The maximum atomic E-state index is 3.53. The summed E-state index contributed by atoms with van der Waals surface area (Å²) in [5.74, 6) is 0. The molecular formula is C10H11Br2NS. The number of hydrogen-bond acceptors (Lipinski definition) is 2. The van der Waals surface area contributed by atoms with E-state index in [1.165, 1.54) is 19.3 Å². The Morgan fingerprint density at radius 3 is 2.64 bits per heavy atom. The summed E-state index contributed by atoms with van der Waals surface area (Å²) in [6.07, 6.45) is 4.10. The van der Waals surface area contributed by atoms with E-state index in [-0.39, 0.29) is 0 Å². The molecule has 0 amide bonds. The van der Waals surface area contributed by atoms with Gasteiger partial charge in [0, 0.05) is 14.2 Å². The molecule has 0 spiro atoms. The molecule has 14 heavy (non-hydrogen) atoms. The Hall–Kier alpha value is 0.330. The van der Waals surface area contributed by atoms with Crippen LogP contribution in [0, 0.1) is 0 Å². The van der Waals surface area contributed by atoms with Gasteiger partial charge < -0.3 is 4.72 Å². The molecule has 0 radical (unpaired) electrons. The van der Waals surface area contributed by atoms with Gasteiger partial charge in [0.25, 0.3) is 0 Å². The third kappa shape index (κ3) is 2.67. The van der Waals surface area contributed by atoms with Crippen LogP contribution in [0.5, 0.6) is 0 Å². The number of halogens is 2. The second-order valence-corrected chi connectivity index (χ2v) is 6.27. The Labute approximate surface area is 105 Å². The van der Waals surface area contributed by atoms with Crippen LogP contribution in [0.15, 0.2) is 27.1 Å². The molecule has 1 aromatic rings. The Morgan fingerprint density at radius 2 is 2.07 bits per heavy atom. The van der Waals surface area contributed by atoms with E-state index in [0.29, 0.717) is 0 Å². The van der Waals surface area contributed by atoms with Crippen LogP contribution in [-0.4, -0.2) is 5.25 Å². The molecule has 1 saturated carbocycles. The smallest absolute Gasteiger partial charge is 0.0584 e. The second kappa shape index (κ2) is 4.90. The molecule has 1 fully saturated rings. The highest BCUT2D eigenvalue weighted by atomic mass is 79.9. The number of nitrogens with one attached hydrogen (secondary N) is 1. The lowest BCUT2D eigenvalue weighted by Gasteiger charge is -2.24. The van der Waals surface area contributed by atoms with Crippen LogP contribution < -0.4 is 4.72 Å². The van der Waals surface area contributed by atoms with Gasteiger partial charge in [0.15, 0.2) is 0 Å². The summed E-state index contributed by atoms with van der Waals surface area (Å²) in [5, 5.41) is 0.811. The largest absolute Gasteiger partial charge is 0.329 e. The molecule has 0 saturated heterocycles. The van der Waals surface area contributed by atoms with Gasteiger partial charge in [0.2, 0.25) is 0 Å². The predicted octanol–water partition coefficient (Wildman–Crippen LogP) is 4.82. The van der Waals surface area contributed by atoms with Crippen molar-refractivity contribution in [1.29, 1.82) is 0 Å². The SMILES string of the molecule is Brc1ccc(NSC2CCC2)c(Br)c1. The third-order valence-corrected chi connectivity index (χ3v) is 4.61. The van der Waals surface area contributed by atoms with Crippen LogP contribution in [-0.2, 0) is 0 Å². The van der Waals surface area contributed by atoms with Crippen molar-refractivity contribution < 1.29 is 0 Å². The number of rotatable bonds is 3. The van der Waals surface area contributed by atoms with Gasteiger partial charge in [-0.1, -0.05) is 22.4 Å².